The Morgan fingerprint density at radius 3 is 1.69 bits per heavy atom. The second-order valence-electron chi connectivity index (χ2n) is 6.31. The molecule has 3 aromatic carbocycles. The Balaban J connectivity index is 0.000000610. The Kier molecular flexibility index (Phi) is 9.19. The quantitative estimate of drug-likeness (QED) is 0.226. The molecule has 3 aromatic rings. The molecule has 0 aliphatic heterocycles. The average Bonchev–Trinajstić information content (AvgIpc) is 3.38. The zero-order chi connectivity index (χ0) is 20.7. The number of ketones is 3. The molecule has 0 aliphatic carbocycles. The van der Waals surface area contributed by atoms with Gasteiger partial charge in [0.15, 0.2) is 5.78 Å². The van der Waals surface area contributed by atoms with Gasteiger partial charge in [-0.3, -0.25) is 14.4 Å². The first kappa shape index (κ1) is 24.5. The summed E-state index contributed by atoms with van der Waals surface area (Å²) in [5, 5.41) is 0.523. The molecule has 0 N–H and O–H groups in total. The molecule has 0 unspecified atom stereocenters. The van der Waals surface area contributed by atoms with E-state index >= 15 is 0 Å². The van der Waals surface area contributed by atoms with Gasteiger partial charge in [-0.2, -0.15) is 12.1 Å². The predicted molar refractivity (Wildman–Crippen MR) is 113 cm³/mol. The molecule has 0 aromatic heterocycles. The van der Waals surface area contributed by atoms with Crippen molar-refractivity contribution in [3.63, 3.8) is 0 Å². The van der Waals surface area contributed by atoms with Crippen molar-refractivity contribution in [2.45, 2.75) is 19.3 Å². The molecule has 29 heavy (non-hydrogen) atoms. The maximum absolute atomic E-state index is 13.1. The van der Waals surface area contributed by atoms with E-state index in [4.69, 9.17) is 11.6 Å². The molecule has 0 amide bonds. The number of Topliss-reactive ketones (excluding diaryl/α,β-unsaturated/α-hetero) is 3. The molecular formula is C24H21ClFeO3-6. The third-order valence-electron chi connectivity index (χ3n) is 4.51. The van der Waals surface area contributed by atoms with E-state index in [1.165, 1.54) is 13.8 Å². The predicted octanol–water partition coefficient (Wildman–Crippen LogP) is 5.16. The van der Waals surface area contributed by atoms with Crippen LogP contribution in [-0.4, -0.2) is 17.3 Å². The van der Waals surface area contributed by atoms with E-state index in [-0.39, 0.29) is 22.6 Å². The van der Waals surface area contributed by atoms with Crippen LogP contribution < -0.4 is 0 Å². The summed E-state index contributed by atoms with van der Waals surface area (Å²) in [7, 11) is 0. The number of halogens is 1. The van der Waals surface area contributed by atoms with E-state index < -0.39 is 22.8 Å². The number of benzene rings is 1. The fourth-order valence-corrected chi connectivity index (χ4v) is 3.18. The first-order chi connectivity index (χ1) is 13.3. The summed E-state index contributed by atoms with van der Waals surface area (Å²) >= 11 is 5.85. The van der Waals surface area contributed by atoms with Gasteiger partial charge in [-0.05, 0) is 31.5 Å². The van der Waals surface area contributed by atoms with E-state index in [1.54, 1.807) is 48.5 Å². The van der Waals surface area contributed by atoms with Gasteiger partial charge in [-0.25, -0.2) is 12.1 Å². The molecular weight excluding hydrogens is 428 g/mol. The first-order valence-electron chi connectivity index (χ1n) is 8.72. The topological polar surface area (TPSA) is 51.2 Å². The third-order valence-corrected chi connectivity index (χ3v) is 4.77. The van der Waals surface area contributed by atoms with Crippen LogP contribution in [0.25, 0.3) is 5.57 Å². The van der Waals surface area contributed by atoms with Crippen molar-refractivity contribution in [2.24, 2.45) is 0 Å². The molecule has 0 radical (unpaired) electrons. The Labute approximate surface area is 186 Å². The van der Waals surface area contributed by atoms with E-state index in [9.17, 15) is 14.4 Å². The second kappa shape index (κ2) is 10.9. The monoisotopic (exact) mass is 448 g/mol. The molecule has 0 spiro atoms. The number of allylic oxidation sites excluding steroid dienone is 1. The van der Waals surface area contributed by atoms with Crippen molar-refractivity contribution in [3.8, 4) is 0 Å². The molecule has 5 heteroatoms. The van der Waals surface area contributed by atoms with Gasteiger partial charge < -0.3 is 30.3 Å². The summed E-state index contributed by atoms with van der Waals surface area (Å²) in [6.45, 7) is 6.30. The second-order valence-corrected chi connectivity index (χ2v) is 6.75. The molecule has 0 bridgehead atoms. The Hall–Kier alpha value is -2.52. The minimum atomic E-state index is -1.85. The van der Waals surface area contributed by atoms with Gasteiger partial charge in [0, 0.05) is 27.7 Å². The summed E-state index contributed by atoms with van der Waals surface area (Å²) in [4.78, 5) is 37.7. The van der Waals surface area contributed by atoms with Gasteiger partial charge in [-0.15, -0.1) is 5.56 Å². The van der Waals surface area contributed by atoms with Gasteiger partial charge in [0.05, 0.1) is 0 Å². The zero-order valence-electron chi connectivity index (χ0n) is 16.2. The molecule has 0 aliphatic rings. The molecule has 156 valence electrons. The largest absolute Gasteiger partial charge is 0.748 e. The summed E-state index contributed by atoms with van der Waals surface area (Å²) in [6, 6.07) is 23.1. The van der Waals surface area contributed by atoms with Crippen LogP contribution in [0.4, 0.5) is 0 Å². The van der Waals surface area contributed by atoms with Gasteiger partial charge in [0.1, 0.15) is 17.0 Å². The Morgan fingerprint density at radius 1 is 0.897 bits per heavy atom. The van der Waals surface area contributed by atoms with Crippen LogP contribution in [-0.2, 0) is 36.9 Å². The molecule has 0 atom stereocenters. The third kappa shape index (κ3) is 5.30. The molecule has 0 fully saturated rings. The number of carbonyl (C=O) groups is 3. The minimum absolute atomic E-state index is 0. The van der Waals surface area contributed by atoms with Crippen molar-refractivity contribution >= 4 is 34.5 Å². The zero-order valence-corrected chi connectivity index (χ0v) is 18.0. The minimum Gasteiger partial charge on any atom is -0.748 e. The number of hydrogen-bond acceptors (Lipinski definition) is 3. The van der Waals surface area contributed by atoms with Crippen LogP contribution in [0.15, 0.2) is 85.4 Å². The maximum atomic E-state index is 13.1. The Bertz CT molecular complexity index is 921. The van der Waals surface area contributed by atoms with Crippen molar-refractivity contribution in [1.29, 1.82) is 0 Å². The summed E-state index contributed by atoms with van der Waals surface area (Å²) in [5.74, 6) is -1.64. The average molecular weight is 449 g/mol. The summed E-state index contributed by atoms with van der Waals surface area (Å²) in [6.07, 6.45) is 0. The summed E-state index contributed by atoms with van der Waals surface area (Å²) in [5.41, 5.74) is -0.844. The van der Waals surface area contributed by atoms with E-state index in [1.807, 2.05) is 30.3 Å². The SMILES string of the molecule is C=C(C(=O)C(C(C)=O)(C(C)=O)[c-]1cccc1)c1ccc(Cl)cc1.[Fe].[cH-]1[cH-][cH-][cH-][cH-]1. The van der Waals surface area contributed by atoms with Gasteiger partial charge >= 0.3 is 0 Å². The van der Waals surface area contributed by atoms with Crippen LogP contribution in [0.1, 0.15) is 25.0 Å². The van der Waals surface area contributed by atoms with Gasteiger partial charge in [-0.1, -0.05) is 30.3 Å². The van der Waals surface area contributed by atoms with Crippen molar-refractivity contribution < 1.29 is 31.5 Å². The van der Waals surface area contributed by atoms with Crippen LogP contribution in [0.3, 0.4) is 0 Å². The fraction of sp³-hybridized carbons (Fsp3) is 0.125. The van der Waals surface area contributed by atoms with Gasteiger partial charge in [0.2, 0.25) is 0 Å². The molecule has 3 nitrogen and oxygen atoms in total. The van der Waals surface area contributed by atoms with Crippen molar-refractivity contribution in [2.75, 3.05) is 0 Å². The van der Waals surface area contributed by atoms with E-state index in [2.05, 4.69) is 6.58 Å². The van der Waals surface area contributed by atoms with Crippen molar-refractivity contribution in [1.82, 2.24) is 0 Å². The Morgan fingerprint density at radius 2 is 1.31 bits per heavy atom. The normalized spacial score (nSPS) is 10.2. The van der Waals surface area contributed by atoms with Crippen molar-refractivity contribution in [3.05, 3.63) is 102 Å². The summed E-state index contributed by atoms with van der Waals surface area (Å²) < 4.78 is 0. The maximum Gasteiger partial charge on any atom is 0.176 e. The van der Waals surface area contributed by atoms with Crippen LogP contribution in [0.2, 0.25) is 5.02 Å². The smallest absolute Gasteiger partial charge is 0.176 e. The van der Waals surface area contributed by atoms with Crippen LogP contribution in [0, 0.1) is 0 Å². The number of rotatable bonds is 6. The number of hydrogen-bond donors (Lipinski definition) is 0. The van der Waals surface area contributed by atoms with E-state index in [0.717, 1.165) is 0 Å². The number of carbonyl (C=O) groups excluding carboxylic acids is 3. The van der Waals surface area contributed by atoms with E-state index in [0.29, 0.717) is 16.1 Å². The molecule has 3 rings (SSSR count). The fourth-order valence-electron chi connectivity index (χ4n) is 3.06. The molecule has 0 heterocycles. The molecule has 0 saturated carbocycles. The van der Waals surface area contributed by atoms with Crippen LogP contribution >= 0.6 is 11.6 Å². The first-order valence-corrected chi connectivity index (χ1v) is 9.10. The molecule has 0 saturated heterocycles. The standard InChI is InChI=1S/C19H16ClO3.C5H5.Fe/c1-12(15-8-10-17(20)11-9-15)18(23)19(13(2)21,14(3)22)16-6-4-5-7-16;1-2-4-5-3-1;/h4-11H,1H2,2-3H3;1-5H;/q-1;-5;. The van der Waals surface area contributed by atoms with Crippen LogP contribution in [0.5, 0.6) is 0 Å². The van der Waals surface area contributed by atoms with Gasteiger partial charge in [0.25, 0.3) is 0 Å².